The molecule has 1 saturated heterocycles. The van der Waals surface area contributed by atoms with E-state index >= 15 is 0 Å². The topological polar surface area (TPSA) is 49.9 Å². The van der Waals surface area contributed by atoms with Crippen molar-refractivity contribution >= 4 is 11.8 Å². The van der Waals surface area contributed by atoms with Gasteiger partial charge in [0.15, 0.2) is 0 Å². The highest BCUT2D eigenvalue weighted by molar-refractivity contribution is 5.97. The van der Waals surface area contributed by atoms with Crippen molar-refractivity contribution < 1.29 is 18.7 Å². The number of hydrogen-bond donors (Lipinski definition) is 0. The van der Waals surface area contributed by atoms with Crippen molar-refractivity contribution in [3.63, 3.8) is 0 Å². The van der Waals surface area contributed by atoms with Crippen LogP contribution in [0.3, 0.4) is 0 Å². The molecule has 0 unspecified atom stereocenters. The minimum atomic E-state index is -0.424. The fourth-order valence-electron chi connectivity index (χ4n) is 3.27. The summed E-state index contributed by atoms with van der Waals surface area (Å²) in [4.78, 5) is 29.1. The molecule has 0 spiro atoms. The van der Waals surface area contributed by atoms with Crippen molar-refractivity contribution in [2.45, 2.75) is 27.4 Å². The second kappa shape index (κ2) is 8.64. The molecule has 0 saturated carbocycles. The summed E-state index contributed by atoms with van der Waals surface area (Å²) in [5, 5.41) is 0. The Morgan fingerprint density at radius 1 is 0.931 bits per heavy atom. The number of piperazine rings is 1. The lowest BCUT2D eigenvalue weighted by atomic mass is 9.94. The fourth-order valence-corrected chi connectivity index (χ4v) is 3.27. The summed E-state index contributed by atoms with van der Waals surface area (Å²) in [6.07, 6.45) is 0. The number of hydrogen-bond acceptors (Lipinski definition) is 3. The highest BCUT2D eigenvalue weighted by Gasteiger charge is 2.31. The van der Waals surface area contributed by atoms with Gasteiger partial charge in [-0.15, -0.1) is 0 Å². The van der Waals surface area contributed by atoms with Gasteiger partial charge in [0, 0.05) is 31.6 Å². The Balaban J connectivity index is 1.64. The van der Waals surface area contributed by atoms with Gasteiger partial charge in [0.1, 0.15) is 18.2 Å². The number of carbonyl (C=O) groups is 2. The van der Waals surface area contributed by atoms with Crippen LogP contribution in [0.4, 0.5) is 4.39 Å². The molecule has 0 aromatic heterocycles. The first kappa shape index (κ1) is 20.8. The zero-order chi connectivity index (χ0) is 21.0. The summed E-state index contributed by atoms with van der Waals surface area (Å²) >= 11 is 0. The van der Waals surface area contributed by atoms with Crippen LogP contribution in [0, 0.1) is 11.2 Å². The van der Waals surface area contributed by atoms with Crippen LogP contribution in [0.15, 0.2) is 48.5 Å². The van der Waals surface area contributed by atoms with E-state index in [0.29, 0.717) is 37.5 Å². The Bertz CT molecular complexity index is 866. The number of halogens is 1. The van der Waals surface area contributed by atoms with Crippen molar-refractivity contribution in [2.75, 3.05) is 26.2 Å². The second-order valence-electron chi connectivity index (χ2n) is 8.25. The first-order valence-electron chi connectivity index (χ1n) is 9.80. The molecule has 1 aliphatic heterocycles. The van der Waals surface area contributed by atoms with Crippen molar-refractivity contribution in [1.82, 2.24) is 9.80 Å². The number of ether oxygens (including phenoxy) is 1. The molecule has 0 bridgehead atoms. The molecule has 29 heavy (non-hydrogen) atoms. The number of benzene rings is 2. The molecule has 1 aliphatic rings. The third-order valence-electron chi connectivity index (χ3n) is 4.92. The number of carbonyl (C=O) groups excluding carboxylic acids is 2. The van der Waals surface area contributed by atoms with Crippen LogP contribution in [-0.2, 0) is 11.4 Å². The molecule has 154 valence electrons. The molecular formula is C23H27FN2O3. The summed E-state index contributed by atoms with van der Waals surface area (Å²) < 4.78 is 18.9. The second-order valence-corrected chi connectivity index (χ2v) is 8.25. The number of amides is 2. The summed E-state index contributed by atoms with van der Waals surface area (Å²) in [5.41, 5.74) is 0.889. The highest BCUT2D eigenvalue weighted by Crippen LogP contribution is 2.23. The lowest BCUT2D eigenvalue weighted by Crippen LogP contribution is -2.53. The molecule has 0 aliphatic carbocycles. The summed E-state index contributed by atoms with van der Waals surface area (Å²) in [5.74, 6) is 0.193. The van der Waals surface area contributed by atoms with Crippen LogP contribution in [0.1, 0.15) is 36.7 Å². The molecule has 0 radical (unpaired) electrons. The molecule has 2 aromatic carbocycles. The van der Waals surface area contributed by atoms with Crippen LogP contribution in [0.5, 0.6) is 5.75 Å². The summed E-state index contributed by atoms with van der Waals surface area (Å²) in [6.45, 7) is 8.00. The van der Waals surface area contributed by atoms with Crippen LogP contribution in [0.2, 0.25) is 0 Å². The van der Waals surface area contributed by atoms with E-state index in [0.717, 1.165) is 5.56 Å². The highest BCUT2D eigenvalue weighted by atomic mass is 19.1. The smallest absolute Gasteiger partial charge is 0.257 e. The van der Waals surface area contributed by atoms with E-state index in [1.807, 2.05) is 31.7 Å². The van der Waals surface area contributed by atoms with Gasteiger partial charge in [-0.1, -0.05) is 45.0 Å². The van der Waals surface area contributed by atoms with Gasteiger partial charge in [-0.3, -0.25) is 9.59 Å². The molecule has 1 heterocycles. The Labute approximate surface area is 171 Å². The zero-order valence-electron chi connectivity index (χ0n) is 17.2. The normalized spacial score (nSPS) is 14.6. The maximum absolute atomic E-state index is 13.1. The first-order valence-corrected chi connectivity index (χ1v) is 9.80. The van der Waals surface area contributed by atoms with Crippen molar-refractivity contribution in [1.29, 1.82) is 0 Å². The number of para-hydroxylation sites is 1. The van der Waals surface area contributed by atoms with Crippen molar-refractivity contribution in [3.05, 3.63) is 65.5 Å². The predicted molar refractivity (Wildman–Crippen MR) is 109 cm³/mol. The average Bonchev–Trinajstić information content (AvgIpc) is 2.72. The molecule has 3 rings (SSSR count). The fraction of sp³-hybridized carbons (Fsp3) is 0.391. The van der Waals surface area contributed by atoms with E-state index in [1.165, 1.54) is 12.1 Å². The Morgan fingerprint density at radius 2 is 1.52 bits per heavy atom. The van der Waals surface area contributed by atoms with Crippen LogP contribution in [0.25, 0.3) is 0 Å². The molecular weight excluding hydrogens is 371 g/mol. The van der Waals surface area contributed by atoms with Crippen LogP contribution < -0.4 is 4.74 Å². The Morgan fingerprint density at radius 3 is 2.14 bits per heavy atom. The van der Waals surface area contributed by atoms with Gasteiger partial charge >= 0.3 is 0 Å². The zero-order valence-corrected chi connectivity index (χ0v) is 17.2. The predicted octanol–water partition coefficient (Wildman–Crippen LogP) is 3.74. The van der Waals surface area contributed by atoms with E-state index in [-0.39, 0.29) is 24.2 Å². The summed E-state index contributed by atoms with van der Waals surface area (Å²) in [7, 11) is 0. The third-order valence-corrected chi connectivity index (χ3v) is 4.92. The quantitative estimate of drug-likeness (QED) is 0.788. The molecule has 5 nitrogen and oxygen atoms in total. The molecule has 0 atom stereocenters. The maximum Gasteiger partial charge on any atom is 0.257 e. The molecule has 1 fully saturated rings. The van der Waals surface area contributed by atoms with Crippen molar-refractivity contribution in [2.24, 2.45) is 5.41 Å². The monoisotopic (exact) mass is 398 g/mol. The largest absolute Gasteiger partial charge is 0.488 e. The Kier molecular flexibility index (Phi) is 6.20. The van der Waals surface area contributed by atoms with Gasteiger partial charge in [-0.05, 0) is 29.8 Å². The minimum absolute atomic E-state index is 0.104. The molecule has 6 heteroatoms. The van der Waals surface area contributed by atoms with Gasteiger partial charge in [-0.2, -0.15) is 0 Å². The lowest BCUT2D eigenvalue weighted by Gasteiger charge is -2.37. The van der Waals surface area contributed by atoms with Crippen molar-refractivity contribution in [3.8, 4) is 5.75 Å². The first-order chi connectivity index (χ1) is 13.8. The van der Waals surface area contributed by atoms with Gasteiger partial charge in [-0.25, -0.2) is 4.39 Å². The van der Waals surface area contributed by atoms with Crippen LogP contribution in [-0.4, -0.2) is 47.8 Å². The number of nitrogens with zero attached hydrogens (tertiary/aromatic N) is 2. The van der Waals surface area contributed by atoms with E-state index < -0.39 is 5.41 Å². The maximum atomic E-state index is 13.1. The van der Waals surface area contributed by atoms with Gasteiger partial charge in [0.25, 0.3) is 5.91 Å². The average molecular weight is 398 g/mol. The third kappa shape index (κ3) is 5.13. The lowest BCUT2D eigenvalue weighted by molar-refractivity contribution is -0.140. The van der Waals surface area contributed by atoms with Gasteiger partial charge in [0.2, 0.25) is 5.91 Å². The SMILES string of the molecule is CC(C)(C)C(=O)N1CCN(C(=O)c2ccccc2OCc2ccc(F)cc2)CC1. The van der Waals surface area contributed by atoms with E-state index in [4.69, 9.17) is 4.74 Å². The number of rotatable bonds is 4. The van der Waals surface area contributed by atoms with E-state index in [9.17, 15) is 14.0 Å². The minimum Gasteiger partial charge on any atom is -0.488 e. The molecule has 2 aromatic rings. The van der Waals surface area contributed by atoms with Crippen LogP contribution >= 0.6 is 0 Å². The van der Waals surface area contributed by atoms with Gasteiger partial charge in [0.05, 0.1) is 5.56 Å². The molecule has 2 amide bonds. The van der Waals surface area contributed by atoms with Gasteiger partial charge < -0.3 is 14.5 Å². The standard InChI is InChI=1S/C23H27FN2O3/c1-23(2,3)22(28)26-14-12-25(13-15-26)21(27)19-6-4-5-7-20(19)29-16-17-8-10-18(24)11-9-17/h4-11H,12-16H2,1-3H3. The van der Waals surface area contributed by atoms with E-state index in [2.05, 4.69) is 0 Å². The molecule has 0 N–H and O–H groups in total. The van der Waals surface area contributed by atoms with E-state index in [1.54, 1.807) is 35.2 Å². The Hall–Kier alpha value is -2.89. The summed E-state index contributed by atoms with van der Waals surface area (Å²) in [6, 6.07) is 13.2.